The lowest BCUT2D eigenvalue weighted by molar-refractivity contribution is 0.296. The summed E-state index contributed by atoms with van der Waals surface area (Å²) in [5, 5.41) is 0. The van der Waals surface area contributed by atoms with E-state index < -0.39 is 0 Å². The van der Waals surface area contributed by atoms with Crippen molar-refractivity contribution in [2.75, 3.05) is 0 Å². The molecule has 1 saturated carbocycles. The lowest BCUT2D eigenvalue weighted by atomic mass is 9.71. The van der Waals surface area contributed by atoms with E-state index in [1.165, 1.54) is 36.8 Å². The fraction of sp³-hybridized carbons (Fsp3) is 0.368. The van der Waals surface area contributed by atoms with Gasteiger partial charge in [-0.1, -0.05) is 73.5 Å². The number of benzene rings is 2. The van der Waals surface area contributed by atoms with Gasteiger partial charge in [-0.3, -0.25) is 11.3 Å². The first-order valence-corrected chi connectivity index (χ1v) is 7.91. The first kappa shape index (κ1) is 14.3. The predicted octanol–water partition coefficient (Wildman–Crippen LogP) is 3.57. The zero-order chi connectivity index (χ0) is 14.5. The molecule has 1 aliphatic carbocycles. The van der Waals surface area contributed by atoms with E-state index in [0.29, 0.717) is 0 Å². The van der Waals surface area contributed by atoms with Crippen LogP contribution in [-0.2, 0) is 11.8 Å². The molecule has 21 heavy (non-hydrogen) atoms. The number of hydrogen-bond donors (Lipinski definition) is 2. The highest BCUT2D eigenvalue weighted by molar-refractivity contribution is 5.30. The summed E-state index contributed by atoms with van der Waals surface area (Å²) in [5.41, 5.74) is 6.09. The second-order valence-electron chi connectivity index (χ2n) is 6.14. The van der Waals surface area contributed by atoms with Crippen molar-refractivity contribution in [3.8, 4) is 0 Å². The maximum atomic E-state index is 5.97. The zero-order valence-corrected chi connectivity index (χ0v) is 12.5. The van der Waals surface area contributed by atoms with Crippen LogP contribution in [0.2, 0.25) is 0 Å². The van der Waals surface area contributed by atoms with Crippen LogP contribution in [0.1, 0.15) is 36.8 Å². The van der Waals surface area contributed by atoms with E-state index in [1.807, 2.05) is 0 Å². The summed E-state index contributed by atoms with van der Waals surface area (Å²) in [5.74, 6) is 5.97. The minimum atomic E-state index is 0.172. The molecule has 3 rings (SSSR count). The number of rotatable bonds is 5. The normalized spacial score (nSPS) is 18.5. The van der Waals surface area contributed by atoms with E-state index in [2.05, 4.69) is 66.1 Å². The second-order valence-corrected chi connectivity index (χ2v) is 6.14. The fourth-order valence-electron chi connectivity index (χ4n) is 3.88. The summed E-state index contributed by atoms with van der Waals surface area (Å²) >= 11 is 0. The first-order chi connectivity index (χ1) is 10.3. The van der Waals surface area contributed by atoms with E-state index in [4.69, 9.17) is 5.84 Å². The Hall–Kier alpha value is -1.64. The molecular formula is C19H24N2. The summed E-state index contributed by atoms with van der Waals surface area (Å²) in [7, 11) is 0. The van der Waals surface area contributed by atoms with Crippen molar-refractivity contribution in [1.29, 1.82) is 0 Å². The Kier molecular flexibility index (Phi) is 4.37. The van der Waals surface area contributed by atoms with Gasteiger partial charge in [0.2, 0.25) is 0 Å². The average molecular weight is 280 g/mol. The van der Waals surface area contributed by atoms with Crippen LogP contribution >= 0.6 is 0 Å². The Morgan fingerprint density at radius 3 is 2.05 bits per heavy atom. The van der Waals surface area contributed by atoms with Crippen LogP contribution in [0.25, 0.3) is 0 Å². The Bertz CT molecular complexity index is 544. The van der Waals surface area contributed by atoms with Gasteiger partial charge in [0.1, 0.15) is 0 Å². The number of hydrazine groups is 1. The molecule has 110 valence electrons. The van der Waals surface area contributed by atoms with Crippen molar-refractivity contribution in [3.63, 3.8) is 0 Å². The van der Waals surface area contributed by atoms with Gasteiger partial charge in [0.15, 0.2) is 0 Å². The molecule has 3 N–H and O–H groups in total. The SMILES string of the molecule is NNC(Cc1ccccc1)C1(c2ccccc2)CCCC1. The highest BCUT2D eigenvalue weighted by Crippen LogP contribution is 2.44. The van der Waals surface area contributed by atoms with Crippen LogP contribution in [0.5, 0.6) is 0 Å². The minimum absolute atomic E-state index is 0.172. The summed E-state index contributed by atoms with van der Waals surface area (Å²) in [6.07, 6.45) is 6.01. The predicted molar refractivity (Wildman–Crippen MR) is 87.8 cm³/mol. The Morgan fingerprint density at radius 1 is 0.905 bits per heavy atom. The van der Waals surface area contributed by atoms with Gasteiger partial charge >= 0.3 is 0 Å². The fourth-order valence-corrected chi connectivity index (χ4v) is 3.88. The lowest BCUT2D eigenvalue weighted by Gasteiger charge is -2.38. The summed E-state index contributed by atoms with van der Waals surface area (Å²) in [4.78, 5) is 0. The molecule has 0 amide bonds. The monoisotopic (exact) mass is 280 g/mol. The minimum Gasteiger partial charge on any atom is -0.271 e. The molecule has 0 saturated heterocycles. The molecule has 2 aromatic carbocycles. The molecule has 0 heterocycles. The van der Waals surface area contributed by atoms with E-state index in [9.17, 15) is 0 Å². The topological polar surface area (TPSA) is 38.0 Å². The molecule has 0 aromatic heterocycles. The molecule has 2 nitrogen and oxygen atoms in total. The molecule has 0 bridgehead atoms. The summed E-state index contributed by atoms with van der Waals surface area (Å²) < 4.78 is 0. The summed E-state index contributed by atoms with van der Waals surface area (Å²) in [6.45, 7) is 0. The molecule has 1 aliphatic rings. The molecule has 0 radical (unpaired) electrons. The van der Waals surface area contributed by atoms with Crippen molar-refractivity contribution >= 4 is 0 Å². The zero-order valence-electron chi connectivity index (χ0n) is 12.5. The van der Waals surface area contributed by atoms with Crippen LogP contribution in [0, 0.1) is 0 Å². The number of hydrogen-bond acceptors (Lipinski definition) is 2. The lowest BCUT2D eigenvalue weighted by Crippen LogP contribution is -2.51. The largest absolute Gasteiger partial charge is 0.271 e. The number of nitrogens with two attached hydrogens (primary N) is 1. The molecule has 1 unspecified atom stereocenters. The van der Waals surface area contributed by atoms with Gasteiger partial charge in [-0.2, -0.15) is 0 Å². The maximum Gasteiger partial charge on any atom is 0.0347 e. The van der Waals surface area contributed by atoms with E-state index in [1.54, 1.807) is 0 Å². The van der Waals surface area contributed by atoms with E-state index in [-0.39, 0.29) is 11.5 Å². The van der Waals surface area contributed by atoms with Crippen molar-refractivity contribution < 1.29 is 0 Å². The van der Waals surface area contributed by atoms with Crippen molar-refractivity contribution in [2.24, 2.45) is 5.84 Å². The quantitative estimate of drug-likeness (QED) is 0.649. The number of nitrogens with one attached hydrogen (secondary N) is 1. The van der Waals surface area contributed by atoms with Gasteiger partial charge in [-0.25, -0.2) is 0 Å². The van der Waals surface area contributed by atoms with Gasteiger partial charge in [0.25, 0.3) is 0 Å². The van der Waals surface area contributed by atoms with Crippen LogP contribution in [0.4, 0.5) is 0 Å². The van der Waals surface area contributed by atoms with Gasteiger partial charge in [-0.05, 0) is 30.4 Å². The standard InChI is InChI=1S/C19H24N2/c20-21-18(15-16-9-3-1-4-10-16)19(13-7-8-14-19)17-11-5-2-6-12-17/h1-6,9-12,18,21H,7-8,13-15,20H2. The van der Waals surface area contributed by atoms with E-state index in [0.717, 1.165) is 6.42 Å². The molecule has 1 fully saturated rings. The highest BCUT2D eigenvalue weighted by atomic mass is 15.2. The van der Waals surface area contributed by atoms with Crippen molar-refractivity contribution in [1.82, 2.24) is 5.43 Å². The van der Waals surface area contributed by atoms with Crippen LogP contribution in [-0.4, -0.2) is 6.04 Å². The van der Waals surface area contributed by atoms with Crippen LogP contribution in [0.15, 0.2) is 60.7 Å². The third-order valence-electron chi connectivity index (χ3n) is 5.00. The third-order valence-corrected chi connectivity index (χ3v) is 5.00. The van der Waals surface area contributed by atoms with Gasteiger partial charge in [0.05, 0.1) is 0 Å². The third kappa shape index (κ3) is 2.87. The molecule has 2 aromatic rings. The average Bonchev–Trinajstić information content (AvgIpc) is 3.05. The second kappa shape index (κ2) is 6.42. The first-order valence-electron chi connectivity index (χ1n) is 7.91. The molecule has 2 heteroatoms. The highest BCUT2D eigenvalue weighted by Gasteiger charge is 2.42. The van der Waals surface area contributed by atoms with Crippen molar-refractivity contribution in [3.05, 3.63) is 71.8 Å². The smallest absolute Gasteiger partial charge is 0.0347 e. The summed E-state index contributed by atoms with van der Waals surface area (Å²) in [6, 6.07) is 21.9. The van der Waals surface area contributed by atoms with Crippen molar-refractivity contribution in [2.45, 2.75) is 43.6 Å². The van der Waals surface area contributed by atoms with Crippen LogP contribution in [0.3, 0.4) is 0 Å². The Labute approximate surface area is 127 Å². The molecule has 0 aliphatic heterocycles. The van der Waals surface area contributed by atoms with Gasteiger partial charge in [0, 0.05) is 11.5 Å². The molecule has 0 spiro atoms. The Balaban J connectivity index is 1.92. The van der Waals surface area contributed by atoms with Crippen LogP contribution < -0.4 is 11.3 Å². The maximum absolute atomic E-state index is 5.97. The Morgan fingerprint density at radius 2 is 1.48 bits per heavy atom. The van der Waals surface area contributed by atoms with Gasteiger partial charge < -0.3 is 0 Å². The molecular weight excluding hydrogens is 256 g/mol. The van der Waals surface area contributed by atoms with E-state index >= 15 is 0 Å². The molecule has 1 atom stereocenters. The van der Waals surface area contributed by atoms with Gasteiger partial charge in [-0.15, -0.1) is 0 Å².